The Labute approximate surface area is 112 Å². The number of nitrogen functional groups attached to an aromatic ring is 2. The van der Waals surface area contributed by atoms with E-state index in [4.69, 9.17) is 11.5 Å². The quantitative estimate of drug-likeness (QED) is 0.521. The predicted octanol–water partition coefficient (Wildman–Crippen LogP) is -0.965. The molecule has 0 radical (unpaired) electrons. The third kappa shape index (κ3) is 2.29. The third-order valence-electron chi connectivity index (χ3n) is 2.51. The topological polar surface area (TPSA) is 52.0 Å². The predicted molar refractivity (Wildman–Crippen MR) is 77.1 cm³/mol. The molecule has 2 aromatic carbocycles. The number of rotatable bonds is 1. The molecule has 0 fully saturated rings. The summed E-state index contributed by atoms with van der Waals surface area (Å²) in [5.41, 5.74) is 15.8. The van der Waals surface area contributed by atoms with Gasteiger partial charge in [-0.3, -0.25) is 0 Å². The van der Waals surface area contributed by atoms with Gasteiger partial charge in [0.15, 0.2) is 0 Å². The van der Waals surface area contributed by atoms with Gasteiger partial charge < -0.3 is 0 Å². The molecule has 0 saturated heterocycles. The van der Waals surface area contributed by atoms with Crippen LogP contribution in [0.2, 0.25) is 0 Å². The molecule has 16 heavy (non-hydrogen) atoms. The molecular formula is C12H14As2N2. The van der Waals surface area contributed by atoms with Crippen molar-refractivity contribution in [1.29, 1.82) is 0 Å². The number of hydrogen-bond donors (Lipinski definition) is 2. The van der Waals surface area contributed by atoms with E-state index in [-0.39, 0.29) is 0 Å². The summed E-state index contributed by atoms with van der Waals surface area (Å²) in [6.45, 7) is 0. The summed E-state index contributed by atoms with van der Waals surface area (Å²) in [5.74, 6) is 0. The Bertz CT molecular complexity index is 489. The van der Waals surface area contributed by atoms with E-state index in [1.165, 1.54) is 19.8 Å². The van der Waals surface area contributed by atoms with Crippen LogP contribution in [0.25, 0.3) is 11.1 Å². The van der Waals surface area contributed by atoms with Crippen LogP contribution in [0.5, 0.6) is 0 Å². The van der Waals surface area contributed by atoms with Crippen LogP contribution in [0.1, 0.15) is 0 Å². The Morgan fingerprint density at radius 3 is 1.38 bits per heavy atom. The van der Waals surface area contributed by atoms with Gasteiger partial charge in [0.25, 0.3) is 0 Å². The van der Waals surface area contributed by atoms with Crippen molar-refractivity contribution in [1.82, 2.24) is 0 Å². The van der Waals surface area contributed by atoms with Crippen molar-refractivity contribution in [3.05, 3.63) is 36.4 Å². The fourth-order valence-electron chi connectivity index (χ4n) is 1.51. The van der Waals surface area contributed by atoms with Crippen molar-refractivity contribution in [3.63, 3.8) is 0 Å². The zero-order valence-corrected chi connectivity index (χ0v) is 13.6. The average Bonchev–Trinajstić information content (AvgIpc) is 2.26. The van der Waals surface area contributed by atoms with Gasteiger partial charge in [-0.25, -0.2) is 0 Å². The van der Waals surface area contributed by atoms with E-state index >= 15 is 0 Å². The van der Waals surface area contributed by atoms with Gasteiger partial charge in [0.1, 0.15) is 0 Å². The van der Waals surface area contributed by atoms with Crippen molar-refractivity contribution >= 4 is 53.8 Å². The van der Waals surface area contributed by atoms with Crippen LogP contribution in [0.15, 0.2) is 36.4 Å². The fourth-order valence-corrected chi connectivity index (χ4v) is 2.67. The fraction of sp³-hybridized carbons (Fsp3) is 0. The summed E-state index contributed by atoms with van der Waals surface area (Å²) < 4.78 is 2.34. The molecule has 0 bridgehead atoms. The van der Waals surface area contributed by atoms with Gasteiger partial charge in [0.2, 0.25) is 0 Å². The number of anilines is 2. The van der Waals surface area contributed by atoms with E-state index in [1.807, 2.05) is 12.1 Å². The summed E-state index contributed by atoms with van der Waals surface area (Å²) in [4.78, 5) is 0. The summed E-state index contributed by atoms with van der Waals surface area (Å²) in [7, 11) is 0. The van der Waals surface area contributed by atoms with E-state index in [1.54, 1.807) is 33.7 Å². The van der Waals surface area contributed by atoms with Gasteiger partial charge >= 0.3 is 113 Å². The van der Waals surface area contributed by atoms with E-state index in [0.717, 1.165) is 11.4 Å². The molecule has 0 aromatic heterocycles. The van der Waals surface area contributed by atoms with E-state index in [0.29, 0.717) is 0 Å². The molecule has 2 atom stereocenters. The van der Waals surface area contributed by atoms with Crippen molar-refractivity contribution < 1.29 is 0 Å². The van der Waals surface area contributed by atoms with Gasteiger partial charge in [-0.1, -0.05) is 0 Å². The minimum atomic E-state index is 0.861. The zero-order valence-electron chi connectivity index (χ0n) is 8.77. The molecule has 0 heterocycles. The Balaban J connectivity index is 2.50. The van der Waals surface area contributed by atoms with Crippen LogP contribution in [-0.2, 0) is 0 Å². The van der Waals surface area contributed by atoms with Crippen LogP contribution in [0.3, 0.4) is 0 Å². The molecule has 4 N–H and O–H groups in total. The number of benzene rings is 2. The first-order chi connectivity index (χ1) is 7.58. The normalized spacial score (nSPS) is 10.4. The van der Waals surface area contributed by atoms with Crippen LogP contribution in [-0.4, -0.2) is 33.7 Å². The average molecular weight is 336 g/mol. The first-order valence-corrected chi connectivity index (χ1v) is 7.30. The molecule has 0 saturated carbocycles. The Hall–Kier alpha value is -0.843. The van der Waals surface area contributed by atoms with Gasteiger partial charge in [-0.05, 0) is 0 Å². The standard InChI is InChI=1S/C12H14As2N2/c13-9-5-7(1-3-11(9)15)8-2-4-12(16)10(14)6-8/h1-6H,13-16H2. The summed E-state index contributed by atoms with van der Waals surface area (Å²) >= 11 is 3.10. The van der Waals surface area contributed by atoms with E-state index in [2.05, 4.69) is 24.3 Å². The van der Waals surface area contributed by atoms with Crippen LogP contribution >= 0.6 is 0 Å². The molecular weight excluding hydrogens is 322 g/mol. The van der Waals surface area contributed by atoms with E-state index < -0.39 is 0 Å². The molecule has 0 aliphatic rings. The first kappa shape index (κ1) is 11.6. The van der Waals surface area contributed by atoms with Crippen molar-refractivity contribution in [2.75, 3.05) is 11.5 Å². The Morgan fingerprint density at radius 1 is 0.688 bits per heavy atom. The van der Waals surface area contributed by atoms with Gasteiger partial charge in [0.05, 0.1) is 0 Å². The zero-order chi connectivity index (χ0) is 11.7. The second-order valence-corrected chi connectivity index (χ2v) is 6.30. The molecule has 2 rings (SSSR count). The van der Waals surface area contributed by atoms with Gasteiger partial charge in [-0.15, -0.1) is 0 Å². The molecule has 2 nitrogen and oxygen atoms in total. The summed E-state index contributed by atoms with van der Waals surface area (Å²) in [6, 6.07) is 12.3. The minimum absolute atomic E-state index is 0.861. The maximum absolute atomic E-state index is 5.82. The Morgan fingerprint density at radius 2 is 1.06 bits per heavy atom. The van der Waals surface area contributed by atoms with Crippen molar-refractivity contribution in [3.8, 4) is 11.1 Å². The van der Waals surface area contributed by atoms with Crippen molar-refractivity contribution in [2.24, 2.45) is 0 Å². The molecule has 0 spiro atoms. The van der Waals surface area contributed by atoms with Crippen LogP contribution in [0, 0.1) is 0 Å². The first-order valence-electron chi connectivity index (χ1n) is 4.88. The van der Waals surface area contributed by atoms with E-state index in [9.17, 15) is 0 Å². The summed E-state index contributed by atoms with van der Waals surface area (Å²) in [5, 5.41) is 0. The molecule has 0 amide bonds. The SMILES string of the molecule is Nc1ccc(-c2ccc(N)c([AsH2])c2)cc1[AsH2]. The van der Waals surface area contributed by atoms with Gasteiger partial charge in [0, 0.05) is 0 Å². The van der Waals surface area contributed by atoms with Crippen LogP contribution < -0.4 is 20.2 Å². The van der Waals surface area contributed by atoms with Crippen LogP contribution in [0.4, 0.5) is 11.4 Å². The molecule has 0 aliphatic carbocycles. The molecule has 2 aromatic rings. The van der Waals surface area contributed by atoms with Gasteiger partial charge in [-0.2, -0.15) is 0 Å². The monoisotopic (exact) mass is 336 g/mol. The number of hydrogen-bond acceptors (Lipinski definition) is 2. The summed E-state index contributed by atoms with van der Waals surface area (Å²) in [6.07, 6.45) is 0. The molecule has 4 heteroatoms. The molecule has 2 unspecified atom stereocenters. The maximum atomic E-state index is 5.82. The Kier molecular flexibility index (Phi) is 3.32. The third-order valence-corrected chi connectivity index (χ3v) is 4.60. The molecule has 82 valence electrons. The molecule has 0 aliphatic heterocycles. The van der Waals surface area contributed by atoms with Crippen molar-refractivity contribution in [2.45, 2.75) is 0 Å². The second-order valence-electron chi connectivity index (χ2n) is 3.69. The number of nitrogens with two attached hydrogens (primary N) is 2. The second kappa shape index (κ2) is 4.57.